The second kappa shape index (κ2) is 7.00. The summed E-state index contributed by atoms with van der Waals surface area (Å²) in [6.07, 6.45) is 0. The fraction of sp³-hybridized carbons (Fsp3) is 0.417. The number of methoxy groups -OCH3 is 3. The van der Waals surface area contributed by atoms with E-state index in [1.807, 2.05) is 0 Å². The Balaban J connectivity index is 2.95. The minimum atomic E-state index is -0.841. The SMILES string of the molecule is COc1cc(OC)c(CSCC(=O)O)c(OC)c1. The third-order valence-corrected chi connectivity index (χ3v) is 3.23. The molecule has 0 radical (unpaired) electrons. The van der Waals surface area contributed by atoms with Gasteiger partial charge in [0, 0.05) is 23.4 Å². The number of thioether (sulfide) groups is 1. The van der Waals surface area contributed by atoms with Crippen LogP contribution in [0.5, 0.6) is 17.2 Å². The number of aliphatic carboxylic acids is 1. The van der Waals surface area contributed by atoms with Gasteiger partial charge >= 0.3 is 5.97 Å². The Morgan fingerprint density at radius 2 is 1.72 bits per heavy atom. The van der Waals surface area contributed by atoms with Crippen molar-refractivity contribution in [2.24, 2.45) is 0 Å². The van der Waals surface area contributed by atoms with Crippen molar-refractivity contribution in [2.45, 2.75) is 5.75 Å². The summed E-state index contributed by atoms with van der Waals surface area (Å²) in [5.74, 6) is 1.59. The summed E-state index contributed by atoms with van der Waals surface area (Å²) in [6, 6.07) is 3.50. The smallest absolute Gasteiger partial charge is 0.313 e. The van der Waals surface area contributed by atoms with Gasteiger partial charge in [-0.3, -0.25) is 4.79 Å². The van der Waals surface area contributed by atoms with Crippen molar-refractivity contribution in [3.05, 3.63) is 17.7 Å². The Morgan fingerprint density at radius 3 is 2.11 bits per heavy atom. The van der Waals surface area contributed by atoms with Crippen molar-refractivity contribution in [1.29, 1.82) is 0 Å². The van der Waals surface area contributed by atoms with Crippen molar-refractivity contribution in [2.75, 3.05) is 27.1 Å². The van der Waals surface area contributed by atoms with Gasteiger partial charge in [0.1, 0.15) is 17.2 Å². The molecule has 6 heteroatoms. The van der Waals surface area contributed by atoms with Crippen LogP contribution in [0.4, 0.5) is 0 Å². The van der Waals surface area contributed by atoms with Crippen LogP contribution in [0.15, 0.2) is 12.1 Å². The molecule has 0 aromatic heterocycles. The first-order chi connectivity index (χ1) is 8.62. The Kier molecular flexibility index (Phi) is 5.64. The van der Waals surface area contributed by atoms with Crippen LogP contribution in [0, 0.1) is 0 Å². The second-order valence-electron chi connectivity index (χ2n) is 3.40. The number of carboxylic acid groups (broad SMARTS) is 1. The standard InChI is InChI=1S/C12H16O5S/c1-15-8-4-10(16-2)9(11(5-8)17-3)6-18-7-12(13)14/h4-5H,6-7H2,1-3H3,(H,13,14). The Labute approximate surface area is 110 Å². The Hall–Kier alpha value is -1.56. The highest BCUT2D eigenvalue weighted by molar-refractivity contribution is 7.99. The van der Waals surface area contributed by atoms with E-state index in [1.165, 1.54) is 11.8 Å². The number of carbonyl (C=O) groups is 1. The lowest BCUT2D eigenvalue weighted by Gasteiger charge is -2.14. The minimum Gasteiger partial charge on any atom is -0.496 e. The van der Waals surface area contributed by atoms with E-state index in [0.29, 0.717) is 23.0 Å². The first-order valence-electron chi connectivity index (χ1n) is 5.20. The predicted molar refractivity (Wildman–Crippen MR) is 69.9 cm³/mol. The van der Waals surface area contributed by atoms with E-state index in [9.17, 15) is 4.79 Å². The zero-order chi connectivity index (χ0) is 13.5. The number of benzene rings is 1. The fourth-order valence-corrected chi connectivity index (χ4v) is 2.23. The topological polar surface area (TPSA) is 65.0 Å². The monoisotopic (exact) mass is 272 g/mol. The predicted octanol–water partition coefficient (Wildman–Crippen LogP) is 2.03. The van der Waals surface area contributed by atoms with Gasteiger partial charge in [-0.15, -0.1) is 11.8 Å². The molecular weight excluding hydrogens is 256 g/mol. The van der Waals surface area contributed by atoms with Gasteiger partial charge in [-0.2, -0.15) is 0 Å². The molecule has 1 aromatic rings. The summed E-state index contributed by atoms with van der Waals surface area (Å²) in [6.45, 7) is 0. The van der Waals surface area contributed by atoms with E-state index >= 15 is 0 Å². The van der Waals surface area contributed by atoms with Crippen molar-refractivity contribution >= 4 is 17.7 Å². The lowest BCUT2D eigenvalue weighted by molar-refractivity contribution is -0.133. The molecule has 18 heavy (non-hydrogen) atoms. The van der Waals surface area contributed by atoms with Crippen LogP contribution in [-0.4, -0.2) is 38.2 Å². The summed E-state index contributed by atoms with van der Waals surface area (Å²) in [7, 11) is 4.67. The average molecular weight is 272 g/mol. The molecule has 0 bridgehead atoms. The Bertz CT molecular complexity index is 394. The van der Waals surface area contributed by atoms with Crippen molar-refractivity contribution in [3.63, 3.8) is 0 Å². The van der Waals surface area contributed by atoms with Gasteiger partial charge in [-0.05, 0) is 0 Å². The van der Waals surface area contributed by atoms with Crippen LogP contribution in [0.1, 0.15) is 5.56 Å². The first-order valence-corrected chi connectivity index (χ1v) is 6.36. The highest BCUT2D eigenvalue weighted by Gasteiger charge is 2.13. The summed E-state index contributed by atoms with van der Waals surface area (Å²) in [5.41, 5.74) is 0.826. The maximum Gasteiger partial charge on any atom is 0.313 e. The van der Waals surface area contributed by atoms with Crippen molar-refractivity contribution in [1.82, 2.24) is 0 Å². The molecule has 0 heterocycles. The molecule has 1 N–H and O–H groups in total. The maximum absolute atomic E-state index is 10.5. The molecule has 0 saturated carbocycles. The van der Waals surface area contributed by atoms with Crippen LogP contribution in [0.3, 0.4) is 0 Å². The van der Waals surface area contributed by atoms with Crippen LogP contribution in [0.25, 0.3) is 0 Å². The molecule has 0 aliphatic heterocycles. The minimum absolute atomic E-state index is 0.0400. The van der Waals surface area contributed by atoms with E-state index < -0.39 is 5.97 Å². The third-order valence-electron chi connectivity index (χ3n) is 2.29. The number of ether oxygens (including phenoxy) is 3. The molecule has 0 aliphatic carbocycles. The fourth-order valence-electron chi connectivity index (χ4n) is 1.46. The molecule has 5 nitrogen and oxygen atoms in total. The molecule has 0 amide bonds. The normalized spacial score (nSPS) is 9.94. The Morgan fingerprint density at radius 1 is 1.17 bits per heavy atom. The molecule has 0 aliphatic rings. The van der Waals surface area contributed by atoms with Gasteiger partial charge in [0.25, 0.3) is 0 Å². The van der Waals surface area contributed by atoms with E-state index in [2.05, 4.69) is 0 Å². The van der Waals surface area contributed by atoms with Crippen LogP contribution < -0.4 is 14.2 Å². The van der Waals surface area contributed by atoms with Crippen LogP contribution in [-0.2, 0) is 10.5 Å². The molecular formula is C12H16O5S. The maximum atomic E-state index is 10.5. The average Bonchev–Trinajstić information content (AvgIpc) is 2.37. The lowest BCUT2D eigenvalue weighted by Crippen LogP contribution is -2.01. The van der Waals surface area contributed by atoms with E-state index in [1.54, 1.807) is 33.5 Å². The van der Waals surface area contributed by atoms with E-state index in [-0.39, 0.29) is 5.75 Å². The van der Waals surface area contributed by atoms with Crippen LogP contribution in [0.2, 0.25) is 0 Å². The zero-order valence-electron chi connectivity index (χ0n) is 10.6. The highest BCUT2D eigenvalue weighted by atomic mass is 32.2. The third kappa shape index (κ3) is 3.73. The van der Waals surface area contributed by atoms with Crippen molar-refractivity contribution < 1.29 is 24.1 Å². The van der Waals surface area contributed by atoms with Gasteiger partial charge in [-0.1, -0.05) is 0 Å². The molecule has 1 rings (SSSR count). The quantitative estimate of drug-likeness (QED) is 0.819. The molecule has 0 spiro atoms. The van der Waals surface area contributed by atoms with Crippen molar-refractivity contribution in [3.8, 4) is 17.2 Å². The van der Waals surface area contributed by atoms with Gasteiger partial charge in [0.05, 0.1) is 27.1 Å². The summed E-state index contributed by atoms with van der Waals surface area (Å²) >= 11 is 1.29. The van der Waals surface area contributed by atoms with Gasteiger partial charge in [0.2, 0.25) is 0 Å². The summed E-state index contributed by atoms with van der Waals surface area (Å²) in [4.78, 5) is 10.5. The molecule has 0 atom stereocenters. The van der Waals surface area contributed by atoms with E-state index in [0.717, 1.165) is 5.56 Å². The molecule has 0 saturated heterocycles. The molecule has 1 aromatic carbocycles. The number of hydrogen-bond acceptors (Lipinski definition) is 5. The first kappa shape index (κ1) is 14.5. The van der Waals surface area contributed by atoms with Gasteiger partial charge < -0.3 is 19.3 Å². The number of rotatable bonds is 7. The van der Waals surface area contributed by atoms with E-state index in [4.69, 9.17) is 19.3 Å². The molecule has 0 unspecified atom stereocenters. The molecule has 100 valence electrons. The summed E-state index contributed by atoms with van der Waals surface area (Å²) < 4.78 is 15.7. The van der Waals surface area contributed by atoms with Gasteiger partial charge in [0.15, 0.2) is 0 Å². The second-order valence-corrected chi connectivity index (χ2v) is 4.38. The van der Waals surface area contributed by atoms with Gasteiger partial charge in [-0.25, -0.2) is 0 Å². The number of hydrogen-bond donors (Lipinski definition) is 1. The lowest BCUT2D eigenvalue weighted by atomic mass is 10.2. The number of carboxylic acids is 1. The summed E-state index contributed by atoms with van der Waals surface area (Å²) in [5, 5.41) is 8.62. The largest absolute Gasteiger partial charge is 0.496 e. The van der Waals surface area contributed by atoms with Crippen LogP contribution >= 0.6 is 11.8 Å². The zero-order valence-corrected chi connectivity index (χ0v) is 11.4. The molecule has 0 fully saturated rings. The highest BCUT2D eigenvalue weighted by Crippen LogP contribution is 2.36.